The average molecular weight is 397 g/mol. The van der Waals surface area contributed by atoms with Gasteiger partial charge in [-0.15, -0.1) is 0 Å². The van der Waals surface area contributed by atoms with Crippen LogP contribution in [0.4, 0.5) is 24.8 Å². The van der Waals surface area contributed by atoms with Crippen molar-refractivity contribution in [3.8, 4) is 11.6 Å². The van der Waals surface area contributed by atoms with Crippen LogP contribution in [-0.4, -0.2) is 22.7 Å². The molecule has 0 aliphatic rings. The molecule has 0 saturated carbocycles. The molecular formula is C20H26F3N3O2. The van der Waals surface area contributed by atoms with Crippen LogP contribution in [0.15, 0.2) is 30.5 Å². The minimum Gasteiger partial charge on any atom is -0.494 e. The van der Waals surface area contributed by atoms with Gasteiger partial charge in [0.05, 0.1) is 12.7 Å². The number of rotatable bonds is 10. The highest BCUT2D eigenvalue weighted by Crippen LogP contribution is 2.36. The zero-order chi connectivity index (χ0) is 20.6. The molecule has 1 aromatic carbocycles. The van der Waals surface area contributed by atoms with Gasteiger partial charge in [0.15, 0.2) is 0 Å². The standard InChI is InChI=1S/C20H26F3N3O2/c1-4-6-7-12-27-16-10-8-15(9-11-16)25-19-24-13-17(20(21,22)23)18(26-19)28-14(3)5-2/h8-11,13-14H,4-7,12H2,1-3H3,(H,24,25,26). The smallest absolute Gasteiger partial charge is 0.423 e. The van der Waals surface area contributed by atoms with Gasteiger partial charge in [0.1, 0.15) is 11.3 Å². The van der Waals surface area contributed by atoms with Crippen molar-refractivity contribution in [1.82, 2.24) is 9.97 Å². The third-order valence-corrected chi connectivity index (χ3v) is 4.07. The fourth-order valence-corrected chi connectivity index (χ4v) is 2.29. The van der Waals surface area contributed by atoms with E-state index in [-0.39, 0.29) is 5.95 Å². The first-order valence-corrected chi connectivity index (χ1v) is 9.44. The molecule has 0 radical (unpaired) electrons. The van der Waals surface area contributed by atoms with Crippen molar-refractivity contribution < 1.29 is 22.6 Å². The van der Waals surface area contributed by atoms with E-state index in [2.05, 4.69) is 22.2 Å². The lowest BCUT2D eigenvalue weighted by molar-refractivity contribution is -0.139. The van der Waals surface area contributed by atoms with Gasteiger partial charge in [-0.05, 0) is 44.0 Å². The van der Waals surface area contributed by atoms with Gasteiger partial charge in [0.25, 0.3) is 0 Å². The Kier molecular flexibility index (Phi) is 7.90. The van der Waals surface area contributed by atoms with E-state index >= 15 is 0 Å². The fraction of sp³-hybridized carbons (Fsp3) is 0.500. The summed E-state index contributed by atoms with van der Waals surface area (Å²) in [6.07, 6.45) is -0.448. The summed E-state index contributed by atoms with van der Waals surface area (Å²) in [5.74, 6) is 0.286. The van der Waals surface area contributed by atoms with E-state index in [0.717, 1.165) is 31.2 Å². The van der Waals surface area contributed by atoms with Gasteiger partial charge in [-0.2, -0.15) is 18.2 Å². The molecule has 0 amide bonds. The van der Waals surface area contributed by atoms with E-state index in [1.165, 1.54) is 0 Å². The molecular weight excluding hydrogens is 371 g/mol. The monoisotopic (exact) mass is 397 g/mol. The molecule has 28 heavy (non-hydrogen) atoms. The van der Waals surface area contributed by atoms with E-state index in [1.54, 1.807) is 31.2 Å². The number of alkyl halides is 3. The molecule has 0 saturated heterocycles. The van der Waals surface area contributed by atoms with Gasteiger partial charge in [0.2, 0.25) is 11.8 Å². The Morgan fingerprint density at radius 2 is 1.82 bits per heavy atom. The fourth-order valence-electron chi connectivity index (χ4n) is 2.29. The van der Waals surface area contributed by atoms with Gasteiger partial charge in [-0.25, -0.2) is 4.98 Å². The second kappa shape index (κ2) is 10.1. The first-order valence-electron chi connectivity index (χ1n) is 9.44. The van der Waals surface area contributed by atoms with E-state index in [0.29, 0.717) is 18.7 Å². The molecule has 0 bridgehead atoms. The lowest BCUT2D eigenvalue weighted by Gasteiger charge is -2.17. The summed E-state index contributed by atoms with van der Waals surface area (Å²) in [6, 6.07) is 7.08. The van der Waals surface area contributed by atoms with Crippen LogP contribution in [-0.2, 0) is 6.18 Å². The molecule has 154 valence electrons. The molecule has 1 atom stereocenters. The Labute approximate surface area is 163 Å². The van der Waals surface area contributed by atoms with Crippen molar-refractivity contribution in [2.24, 2.45) is 0 Å². The average Bonchev–Trinajstić information content (AvgIpc) is 2.65. The van der Waals surface area contributed by atoms with Gasteiger partial charge < -0.3 is 14.8 Å². The Bertz CT molecular complexity index is 736. The van der Waals surface area contributed by atoms with Gasteiger partial charge in [-0.1, -0.05) is 26.7 Å². The number of anilines is 2. The zero-order valence-corrected chi connectivity index (χ0v) is 16.3. The van der Waals surface area contributed by atoms with E-state index < -0.39 is 23.7 Å². The molecule has 0 fully saturated rings. The Morgan fingerprint density at radius 3 is 2.43 bits per heavy atom. The lowest BCUT2D eigenvalue weighted by atomic mass is 10.2. The maximum Gasteiger partial charge on any atom is 0.423 e. The Morgan fingerprint density at radius 1 is 1.11 bits per heavy atom. The van der Waals surface area contributed by atoms with Crippen LogP contribution in [0.1, 0.15) is 52.0 Å². The van der Waals surface area contributed by atoms with Crippen LogP contribution in [0.5, 0.6) is 11.6 Å². The molecule has 1 heterocycles. The molecule has 0 spiro atoms. The number of aromatic nitrogens is 2. The SMILES string of the molecule is CCCCCOc1ccc(Nc2ncc(C(F)(F)F)c(OC(C)CC)n2)cc1. The molecule has 1 N–H and O–H groups in total. The molecule has 2 rings (SSSR count). The molecule has 0 aliphatic heterocycles. The number of hydrogen-bond acceptors (Lipinski definition) is 5. The van der Waals surface area contributed by atoms with Crippen molar-refractivity contribution in [2.75, 3.05) is 11.9 Å². The molecule has 0 aliphatic carbocycles. The lowest BCUT2D eigenvalue weighted by Crippen LogP contribution is -2.17. The van der Waals surface area contributed by atoms with E-state index in [9.17, 15) is 13.2 Å². The number of nitrogens with zero attached hydrogens (tertiary/aromatic N) is 2. The van der Waals surface area contributed by atoms with Crippen LogP contribution in [0.2, 0.25) is 0 Å². The summed E-state index contributed by atoms with van der Waals surface area (Å²) in [6.45, 7) is 6.29. The normalized spacial score (nSPS) is 12.5. The minimum absolute atomic E-state index is 0.0305. The Hall–Kier alpha value is -2.51. The molecule has 5 nitrogen and oxygen atoms in total. The first kappa shape index (κ1) is 21.8. The van der Waals surface area contributed by atoms with E-state index in [1.807, 2.05) is 6.92 Å². The van der Waals surface area contributed by atoms with Crippen LogP contribution >= 0.6 is 0 Å². The molecule has 2 aromatic rings. The summed E-state index contributed by atoms with van der Waals surface area (Å²) in [4.78, 5) is 7.69. The van der Waals surface area contributed by atoms with Crippen LogP contribution in [0, 0.1) is 0 Å². The number of unbranched alkanes of at least 4 members (excludes halogenated alkanes) is 2. The topological polar surface area (TPSA) is 56.3 Å². The molecule has 1 unspecified atom stereocenters. The van der Waals surface area contributed by atoms with Gasteiger partial charge in [0, 0.05) is 11.9 Å². The number of nitrogens with one attached hydrogen (secondary N) is 1. The second-order valence-corrected chi connectivity index (χ2v) is 6.45. The number of benzene rings is 1. The van der Waals surface area contributed by atoms with Crippen molar-refractivity contribution in [1.29, 1.82) is 0 Å². The van der Waals surface area contributed by atoms with Crippen molar-refractivity contribution in [3.63, 3.8) is 0 Å². The van der Waals surface area contributed by atoms with Crippen LogP contribution in [0.3, 0.4) is 0 Å². The van der Waals surface area contributed by atoms with Crippen molar-refractivity contribution >= 4 is 11.6 Å². The Balaban J connectivity index is 2.09. The number of halogens is 3. The summed E-state index contributed by atoms with van der Waals surface area (Å²) < 4.78 is 50.5. The largest absolute Gasteiger partial charge is 0.494 e. The molecule has 1 aromatic heterocycles. The van der Waals surface area contributed by atoms with Crippen LogP contribution < -0.4 is 14.8 Å². The highest BCUT2D eigenvalue weighted by Gasteiger charge is 2.36. The van der Waals surface area contributed by atoms with Gasteiger partial charge in [-0.3, -0.25) is 0 Å². The third kappa shape index (κ3) is 6.58. The quantitative estimate of drug-likeness (QED) is 0.500. The zero-order valence-electron chi connectivity index (χ0n) is 16.3. The first-order chi connectivity index (χ1) is 13.3. The predicted molar refractivity (Wildman–Crippen MR) is 102 cm³/mol. The van der Waals surface area contributed by atoms with Crippen LogP contribution in [0.25, 0.3) is 0 Å². The summed E-state index contributed by atoms with van der Waals surface area (Å²) >= 11 is 0. The highest BCUT2D eigenvalue weighted by atomic mass is 19.4. The van der Waals surface area contributed by atoms with Gasteiger partial charge >= 0.3 is 6.18 Å². The predicted octanol–water partition coefficient (Wildman–Crippen LogP) is 5.99. The highest BCUT2D eigenvalue weighted by molar-refractivity contribution is 5.55. The molecule has 8 heteroatoms. The maximum atomic E-state index is 13.2. The summed E-state index contributed by atoms with van der Waals surface area (Å²) in [5, 5.41) is 2.89. The van der Waals surface area contributed by atoms with E-state index in [4.69, 9.17) is 9.47 Å². The minimum atomic E-state index is -4.59. The van der Waals surface area contributed by atoms with Crippen molar-refractivity contribution in [2.45, 2.75) is 58.7 Å². The summed E-state index contributed by atoms with van der Waals surface area (Å²) in [7, 11) is 0. The maximum absolute atomic E-state index is 13.2. The summed E-state index contributed by atoms with van der Waals surface area (Å²) in [5.41, 5.74) is -0.357. The van der Waals surface area contributed by atoms with Crippen molar-refractivity contribution in [3.05, 3.63) is 36.0 Å². The second-order valence-electron chi connectivity index (χ2n) is 6.45. The number of hydrogen-bond donors (Lipinski definition) is 1. The third-order valence-electron chi connectivity index (χ3n) is 4.07. The number of ether oxygens (including phenoxy) is 2.